The Bertz CT molecular complexity index is 310. The third kappa shape index (κ3) is 2.54. The van der Waals surface area contributed by atoms with E-state index in [-0.39, 0.29) is 11.9 Å². The summed E-state index contributed by atoms with van der Waals surface area (Å²) in [6, 6.07) is 1.59. The van der Waals surface area contributed by atoms with Crippen molar-refractivity contribution in [2.24, 2.45) is 5.73 Å². The van der Waals surface area contributed by atoms with E-state index < -0.39 is 4.92 Å². The molecule has 1 heterocycles. The maximum Gasteiger partial charge on any atom is 0.321 e. The predicted octanol–water partition coefficient (Wildman–Crippen LogP) is 0.532. The number of rotatable bonds is 5. The first-order chi connectivity index (χ1) is 6.65. The molecule has 1 rings (SSSR count). The Kier molecular flexibility index (Phi) is 3.61. The number of aromatic amines is 1. The second-order valence-corrected chi connectivity index (χ2v) is 3.04. The first-order valence-corrected chi connectivity index (χ1v) is 4.41. The molecule has 0 fully saturated rings. The molecule has 0 aliphatic rings. The van der Waals surface area contributed by atoms with Crippen molar-refractivity contribution in [2.45, 2.75) is 13.0 Å². The number of aromatic nitrogens is 1. The molecule has 0 saturated carbocycles. The molecule has 6 heteroatoms. The van der Waals surface area contributed by atoms with Crippen LogP contribution in [0.1, 0.15) is 18.5 Å². The molecule has 6 nitrogen and oxygen atoms in total. The van der Waals surface area contributed by atoms with E-state index in [0.717, 1.165) is 5.56 Å². The summed E-state index contributed by atoms with van der Waals surface area (Å²) in [5, 5.41) is 13.5. The van der Waals surface area contributed by atoms with E-state index in [1.807, 2.05) is 6.92 Å². The fourth-order valence-electron chi connectivity index (χ4n) is 1.17. The minimum absolute atomic E-state index is 0.0152. The molecule has 0 bridgehead atoms. The molecule has 0 aromatic carbocycles. The molecule has 1 atom stereocenters. The van der Waals surface area contributed by atoms with Crippen LogP contribution >= 0.6 is 0 Å². The summed E-state index contributed by atoms with van der Waals surface area (Å²) < 4.78 is 0. The second-order valence-electron chi connectivity index (χ2n) is 3.04. The van der Waals surface area contributed by atoms with Crippen LogP contribution in [0.15, 0.2) is 12.3 Å². The molecule has 0 spiro atoms. The van der Waals surface area contributed by atoms with Gasteiger partial charge in [0.1, 0.15) is 0 Å². The third-order valence-electron chi connectivity index (χ3n) is 1.98. The Labute approximate surface area is 81.6 Å². The lowest BCUT2D eigenvalue weighted by molar-refractivity contribution is -0.389. The van der Waals surface area contributed by atoms with Gasteiger partial charge in [0, 0.05) is 30.8 Å². The van der Waals surface area contributed by atoms with Crippen LogP contribution in [-0.2, 0) is 0 Å². The smallest absolute Gasteiger partial charge is 0.321 e. The predicted molar refractivity (Wildman–Crippen MR) is 52.9 cm³/mol. The van der Waals surface area contributed by atoms with Gasteiger partial charge in [-0.1, -0.05) is 0 Å². The summed E-state index contributed by atoms with van der Waals surface area (Å²) in [7, 11) is 0. The van der Waals surface area contributed by atoms with E-state index in [1.165, 1.54) is 6.07 Å². The van der Waals surface area contributed by atoms with Gasteiger partial charge >= 0.3 is 5.82 Å². The monoisotopic (exact) mass is 198 g/mol. The van der Waals surface area contributed by atoms with Gasteiger partial charge in [-0.05, 0) is 11.8 Å². The highest BCUT2D eigenvalue weighted by Crippen LogP contribution is 2.17. The highest BCUT2D eigenvalue weighted by Gasteiger charge is 2.12. The average molecular weight is 198 g/mol. The highest BCUT2D eigenvalue weighted by molar-refractivity contribution is 5.28. The highest BCUT2D eigenvalue weighted by atomic mass is 16.6. The Hall–Kier alpha value is -1.40. The van der Waals surface area contributed by atoms with Crippen molar-refractivity contribution in [3.8, 4) is 0 Å². The zero-order valence-corrected chi connectivity index (χ0v) is 7.99. The Morgan fingerprint density at radius 3 is 3.00 bits per heavy atom. The van der Waals surface area contributed by atoms with Gasteiger partial charge in [-0.3, -0.25) is 0 Å². The molecular weight excluding hydrogens is 184 g/mol. The van der Waals surface area contributed by atoms with E-state index in [0.29, 0.717) is 13.1 Å². The van der Waals surface area contributed by atoms with Crippen LogP contribution in [0.5, 0.6) is 0 Å². The van der Waals surface area contributed by atoms with Crippen molar-refractivity contribution >= 4 is 5.82 Å². The number of nitrogens with two attached hydrogens (primary N) is 1. The molecule has 0 aliphatic heterocycles. The molecule has 1 unspecified atom stereocenters. The zero-order valence-electron chi connectivity index (χ0n) is 7.99. The summed E-state index contributed by atoms with van der Waals surface area (Å²) in [5.74, 6) is 0.0152. The Balaban J connectivity index is 2.61. The zero-order chi connectivity index (χ0) is 10.6. The van der Waals surface area contributed by atoms with Gasteiger partial charge in [-0.15, -0.1) is 0 Å². The average Bonchev–Trinajstić information content (AvgIpc) is 2.62. The molecular formula is C8H14N4O2. The maximum atomic E-state index is 10.4. The number of H-pyrrole nitrogens is 1. The van der Waals surface area contributed by atoms with Gasteiger partial charge in [-0.2, -0.15) is 0 Å². The lowest BCUT2D eigenvalue weighted by Gasteiger charge is -2.09. The number of nitrogens with zero attached hydrogens (tertiary/aromatic N) is 1. The van der Waals surface area contributed by atoms with Gasteiger partial charge in [-0.25, -0.2) is 4.98 Å². The minimum Gasteiger partial charge on any atom is -0.358 e. The van der Waals surface area contributed by atoms with E-state index in [1.54, 1.807) is 6.20 Å². The summed E-state index contributed by atoms with van der Waals surface area (Å²) in [6.07, 6.45) is 1.63. The lowest BCUT2D eigenvalue weighted by atomic mass is 10.2. The molecule has 4 N–H and O–H groups in total. The van der Waals surface area contributed by atoms with Crippen molar-refractivity contribution in [3.05, 3.63) is 27.9 Å². The normalized spacial score (nSPS) is 12.7. The fraction of sp³-hybridized carbons (Fsp3) is 0.500. The second kappa shape index (κ2) is 4.73. The lowest BCUT2D eigenvalue weighted by Crippen LogP contribution is -2.25. The minimum atomic E-state index is -0.445. The number of nitro groups is 1. The molecule has 14 heavy (non-hydrogen) atoms. The first-order valence-electron chi connectivity index (χ1n) is 4.41. The SMILES string of the molecule is CC(NCCN)c1c[nH]c([N+](=O)[O-])c1. The van der Waals surface area contributed by atoms with Crippen LogP contribution in [0.4, 0.5) is 5.82 Å². The van der Waals surface area contributed by atoms with Crippen LogP contribution in [0, 0.1) is 10.1 Å². The summed E-state index contributed by atoms with van der Waals surface area (Å²) in [4.78, 5) is 12.5. The van der Waals surface area contributed by atoms with E-state index in [9.17, 15) is 10.1 Å². The van der Waals surface area contributed by atoms with Crippen LogP contribution in [-0.4, -0.2) is 23.0 Å². The summed E-state index contributed by atoms with van der Waals surface area (Å²) >= 11 is 0. The molecule has 1 aromatic heterocycles. The van der Waals surface area contributed by atoms with E-state index in [4.69, 9.17) is 5.73 Å². The molecule has 78 valence electrons. The molecule has 1 aromatic rings. The summed E-state index contributed by atoms with van der Waals surface area (Å²) in [6.45, 7) is 3.18. The van der Waals surface area contributed by atoms with Crippen molar-refractivity contribution < 1.29 is 4.92 Å². The standard InChI is InChI=1S/C8H14N4O2/c1-6(10-3-2-9)7-4-8(11-5-7)12(13)14/h4-6,10-11H,2-3,9H2,1H3. The van der Waals surface area contributed by atoms with Crippen LogP contribution in [0.3, 0.4) is 0 Å². The fourth-order valence-corrected chi connectivity index (χ4v) is 1.17. The quantitative estimate of drug-likeness (QED) is 0.475. The van der Waals surface area contributed by atoms with Crippen molar-refractivity contribution in [1.29, 1.82) is 0 Å². The van der Waals surface area contributed by atoms with Gasteiger partial charge in [0.05, 0.1) is 6.20 Å². The molecule has 0 amide bonds. The number of hydrogen-bond acceptors (Lipinski definition) is 4. The van der Waals surface area contributed by atoms with Gasteiger partial charge in [0.25, 0.3) is 0 Å². The van der Waals surface area contributed by atoms with Gasteiger partial charge in [0.2, 0.25) is 0 Å². The maximum absolute atomic E-state index is 10.4. The number of hydrogen-bond donors (Lipinski definition) is 3. The number of nitrogens with one attached hydrogen (secondary N) is 2. The third-order valence-corrected chi connectivity index (χ3v) is 1.98. The van der Waals surface area contributed by atoms with E-state index in [2.05, 4.69) is 10.3 Å². The van der Waals surface area contributed by atoms with Crippen molar-refractivity contribution in [3.63, 3.8) is 0 Å². The van der Waals surface area contributed by atoms with Gasteiger partial charge < -0.3 is 21.2 Å². The Morgan fingerprint density at radius 2 is 2.50 bits per heavy atom. The van der Waals surface area contributed by atoms with Gasteiger partial charge in [0.15, 0.2) is 0 Å². The van der Waals surface area contributed by atoms with Crippen LogP contribution in [0.25, 0.3) is 0 Å². The molecule has 0 aliphatic carbocycles. The largest absolute Gasteiger partial charge is 0.358 e. The van der Waals surface area contributed by atoms with Crippen molar-refractivity contribution in [2.75, 3.05) is 13.1 Å². The molecule has 0 saturated heterocycles. The summed E-state index contributed by atoms with van der Waals surface area (Å²) in [5.41, 5.74) is 6.20. The van der Waals surface area contributed by atoms with Crippen LogP contribution in [0.2, 0.25) is 0 Å². The van der Waals surface area contributed by atoms with Crippen molar-refractivity contribution in [1.82, 2.24) is 10.3 Å². The van der Waals surface area contributed by atoms with Crippen LogP contribution < -0.4 is 11.1 Å². The first kappa shape index (κ1) is 10.7. The van der Waals surface area contributed by atoms with E-state index >= 15 is 0 Å². The Morgan fingerprint density at radius 1 is 1.79 bits per heavy atom. The topological polar surface area (TPSA) is 97.0 Å². The molecule has 0 radical (unpaired) electrons.